The van der Waals surface area contributed by atoms with Gasteiger partial charge in [0, 0.05) is 37.9 Å². The summed E-state index contributed by atoms with van der Waals surface area (Å²) >= 11 is 0. The Labute approximate surface area is 145 Å². The van der Waals surface area contributed by atoms with E-state index in [9.17, 15) is 4.79 Å². The molecular weight excluding hydrogens is 298 g/mol. The van der Waals surface area contributed by atoms with E-state index in [0.717, 1.165) is 23.6 Å². The molecule has 128 valence electrons. The first-order valence-corrected chi connectivity index (χ1v) is 8.38. The summed E-state index contributed by atoms with van der Waals surface area (Å²) in [7, 11) is 3.93. The summed E-state index contributed by atoms with van der Waals surface area (Å²) in [6, 6.07) is 16.0. The summed E-state index contributed by atoms with van der Waals surface area (Å²) in [6.07, 6.45) is 0. The van der Waals surface area contributed by atoms with Crippen LogP contribution in [0.5, 0.6) is 0 Å². The zero-order valence-corrected chi connectivity index (χ0v) is 15.2. The molecule has 0 saturated carbocycles. The van der Waals surface area contributed by atoms with Crippen LogP contribution < -0.4 is 15.1 Å². The van der Waals surface area contributed by atoms with Gasteiger partial charge in [-0.3, -0.25) is 4.79 Å². The second kappa shape index (κ2) is 7.86. The quantitative estimate of drug-likeness (QED) is 0.863. The van der Waals surface area contributed by atoms with Crippen LogP contribution in [0, 0.1) is 0 Å². The summed E-state index contributed by atoms with van der Waals surface area (Å²) in [5, 5.41) is 3.00. The Morgan fingerprint density at radius 3 is 2.21 bits per heavy atom. The van der Waals surface area contributed by atoms with Crippen LogP contribution >= 0.6 is 0 Å². The molecule has 0 saturated heterocycles. The second-order valence-electron chi connectivity index (χ2n) is 6.29. The molecule has 0 radical (unpaired) electrons. The number of para-hydroxylation sites is 2. The van der Waals surface area contributed by atoms with Gasteiger partial charge in [-0.05, 0) is 57.2 Å². The highest BCUT2D eigenvalue weighted by Crippen LogP contribution is 2.24. The number of benzene rings is 2. The molecule has 0 spiro atoms. The monoisotopic (exact) mass is 325 g/mol. The third-order valence-electron chi connectivity index (χ3n) is 4.06. The minimum atomic E-state index is -0.0940. The van der Waals surface area contributed by atoms with Crippen molar-refractivity contribution in [2.45, 2.75) is 26.8 Å². The molecule has 4 nitrogen and oxygen atoms in total. The normalized spacial score (nSPS) is 10.6. The molecule has 0 bridgehead atoms. The maximum absolute atomic E-state index is 12.5. The van der Waals surface area contributed by atoms with E-state index < -0.39 is 0 Å². The predicted molar refractivity (Wildman–Crippen MR) is 103 cm³/mol. The second-order valence-corrected chi connectivity index (χ2v) is 6.29. The smallest absolute Gasteiger partial charge is 0.255 e. The first-order chi connectivity index (χ1) is 11.4. The summed E-state index contributed by atoms with van der Waals surface area (Å²) in [6.45, 7) is 7.42. The topological polar surface area (TPSA) is 35.6 Å². The summed E-state index contributed by atoms with van der Waals surface area (Å²) in [5.74, 6) is -0.0940. The summed E-state index contributed by atoms with van der Waals surface area (Å²) in [4.78, 5) is 16.8. The van der Waals surface area contributed by atoms with Crippen LogP contribution in [0.1, 0.15) is 31.1 Å². The van der Waals surface area contributed by atoms with E-state index in [0.29, 0.717) is 11.6 Å². The molecule has 4 heteroatoms. The van der Waals surface area contributed by atoms with E-state index in [4.69, 9.17) is 0 Å². The Balaban J connectivity index is 2.17. The van der Waals surface area contributed by atoms with Crippen LogP contribution in [0.4, 0.5) is 17.1 Å². The average molecular weight is 325 g/mol. The molecule has 0 aliphatic rings. The molecule has 0 aliphatic heterocycles. The molecule has 0 fully saturated rings. The van der Waals surface area contributed by atoms with Gasteiger partial charge in [0.25, 0.3) is 5.91 Å². The maximum atomic E-state index is 12.5. The van der Waals surface area contributed by atoms with E-state index in [2.05, 4.69) is 31.0 Å². The number of carbonyl (C=O) groups is 1. The Hall–Kier alpha value is -2.49. The van der Waals surface area contributed by atoms with Gasteiger partial charge < -0.3 is 15.1 Å². The molecule has 0 heterocycles. The van der Waals surface area contributed by atoms with Crippen molar-refractivity contribution >= 4 is 23.0 Å². The fourth-order valence-electron chi connectivity index (χ4n) is 2.81. The molecule has 24 heavy (non-hydrogen) atoms. The first-order valence-electron chi connectivity index (χ1n) is 8.38. The fraction of sp³-hybridized carbons (Fsp3) is 0.350. The highest BCUT2D eigenvalue weighted by Gasteiger charge is 2.12. The number of hydrogen-bond donors (Lipinski definition) is 1. The number of hydrogen-bond acceptors (Lipinski definition) is 3. The number of rotatable bonds is 6. The van der Waals surface area contributed by atoms with Crippen LogP contribution in [-0.2, 0) is 0 Å². The molecule has 0 aromatic heterocycles. The molecular formula is C20H27N3O. The Morgan fingerprint density at radius 2 is 1.67 bits per heavy atom. The van der Waals surface area contributed by atoms with E-state index in [1.807, 2.05) is 67.5 Å². The van der Waals surface area contributed by atoms with Gasteiger partial charge >= 0.3 is 0 Å². The Morgan fingerprint density at radius 1 is 1.04 bits per heavy atom. The lowest BCUT2D eigenvalue weighted by Crippen LogP contribution is -2.30. The SMILES string of the molecule is CCN(c1ccc(C(=O)Nc2ccccc2N(C)C)cc1)C(C)C. The molecule has 0 aliphatic carbocycles. The van der Waals surface area contributed by atoms with Gasteiger partial charge in [-0.15, -0.1) is 0 Å². The minimum Gasteiger partial charge on any atom is -0.376 e. The third-order valence-corrected chi connectivity index (χ3v) is 4.06. The number of anilines is 3. The molecule has 2 aromatic carbocycles. The molecule has 1 N–H and O–H groups in total. The van der Waals surface area contributed by atoms with Crippen molar-refractivity contribution in [3.05, 3.63) is 54.1 Å². The molecule has 1 amide bonds. The van der Waals surface area contributed by atoms with Crippen molar-refractivity contribution in [2.75, 3.05) is 35.8 Å². The van der Waals surface area contributed by atoms with Crippen LogP contribution in [0.3, 0.4) is 0 Å². The van der Waals surface area contributed by atoms with Gasteiger partial charge in [0.1, 0.15) is 0 Å². The van der Waals surface area contributed by atoms with Gasteiger partial charge in [-0.1, -0.05) is 12.1 Å². The van der Waals surface area contributed by atoms with Gasteiger partial charge in [-0.2, -0.15) is 0 Å². The van der Waals surface area contributed by atoms with Gasteiger partial charge in [0.05, 0.1) is 11.4 Å². The lowest BCUT2D eigenvalue weighted by Gasteiger charge is -2.27. The fourth-order valence-corrected chi connectivity index (χ4v) is 2.81. The lowest BCUT2D eigenvalue weighted by atomic mass is 10.1. The molecule has 0 unspecified atom stereocenters. The average Bonchev–Trinajstić information content (AvgIpc) is 2.56. The number of nitrogens with zero attached hydrogens (tertiary/aromatic N) is 2. The molecule has 2 aromatic rings. The standard InChI is InChI=1S/C20H27N3O/c1-6-23(15(2)3)17-13-11-16(12-14-17)20(24)21-18-9-7-8-10-19(18)22(4)5/h7-15H,6H2,1-5H3,(H,21,24). The van der Waals surface area contributed by atoms with Crippen molar-refractivity contribution in [2.24, 2.45) is 0 Å². The van der Waals surface area contributed by atoms with Gasteiger partial charge in [0.15, 0.2) is 0 Å². The number of carbonyl (C=O) groups excluding carboxylic acids is 1. The highest BCUT2D eigenvalue weighted by molar-refractivity contribution is 6.06. The molecule has 0 atom stereocenters. The van der Waals surface area contributed by atoms with E-state index in [1.54, 1.807) is 0 Å². The van der Waals surface area contributed by atoms with Crippen molar-refractivity contribution < 1.29 is 4.79 Å². The van der Waals surface area contributed by atoms with E-state index in [1.165, 1.54) is 0 Å². The van der Waals surface area contributed by atoms with Crippen LogP contribution in [0.2, 0.25) is 0 Å². The van der Waals surface area contributed by atoms with Crippen molar-refractivity contribution in [3.8, 4) is 0 Å². The highest BCUT2D eigenvalue weighted by atomic mass is 16.1. The first kappa shape index (κ1) is 17.9. The van der Waals surface area contributed by atoms with E-state index in [-0.39, 0.29) is 5.91 Å². The van der Waals surface area contributed by atoms with Gasteiger partial charge in [0.2, 0.25) is 0 Å². The van der Waals surface area contributed by atoms with Crippen molar-refractivity contribution in [3.63, 3.8) is 0 Å². The van der Waals surface area contributed by atoms with Gasteiger partial charge in [-0.25, -0.2) is 0 Å². The zero-order valence-electron chi connectivity index (χ0n) is 15.2. The summed E-state index contributed by atoms with van der Waals surface area (Å²) in [5.41, 5.74) is 3.60. The molecule has 2 rings (SSSR count). The third kappa shape index (κ3) is 4.07. The Kier molecular flexibility index (Phi) is 5.85. The lowest BCUT2D eigenvalue weighted by molar-refractivity contribution is 0.102. The summed E-state index contributed by atoms with van der Waals surface area (Å²) < 4.78 is 0. The van der Waals surface area contributed by atoms with Crippen LogP contribution in [0.15, 0.2) is 48.5 Å². The predicted octanol–water partition coefficient (Wildman–Crippen LogP) is 4.24. The van der Waals surface area contributed by atoms with Crippen LogP contribution in [0.25, 0.3) is 0 Å². The zero-order chi connectivity index (χ0) is 17.7. The van der Waals surface area contributed by atoms with Crippen LogP contribution in [-0.4, -0.2) is 32.6 Å². The number of amides is 1. The maximum Gasteiger partial charge on any atom is 0.255 e. The largest absolute Gasteiger partial charge is 0.376 e. The van der Waals surface area contributed by atoms with Crippen molar-refractivity contribution in [1.82, 2.24) is 0 Å². The Bertz CT molecular complexity index is 678. The van der Waals surface area contributed by atoms with Crippen molar-refractivity contribution in [1.29, 1.82) is 0 Å². The minimum absolute atomic E-state index is 0.0940. The number of nitrogens with one attached hydrogen (secondary N) is 1. The van der Waals surface area contributed by atoms with E-state index >= 15 is 0 Å².